The lowest BCUT2D eigenvalue weighted by Gasteiger charge is -2.18. The first-order chi connectivity index (χ1) is 9.69. The second-order valence-electron chi connectivity index (χ2n) is 4.34. The molecular weight excluding hydrogens is 252 g/mol. The van der Waals surface area contributed by atoms with Gasteiger partial charge in [-0.3, -0.25) is 9.59 Å². The summed E-state index contributed by atoms with van der Waals surface area (Å²) >= 11 is 0. The fraction of sp³-hybridized carbons (Fsp3) is 0. The molecule has 4 nitrogen and oxygen atoms in total. The molecular formula is C16H6N2O2. The van der Waals surface area contributed by atoms with Crippen molar-refractivity contribution in [3.63, 3.8) is 0 Å². The molecule has 3 rings (SSSR count). The van der Waals surface area contributed by atoms with Gasteiger partial charge < -0.3 is 0 Å². The van der Waals surface area contributed by atoms with Gasteiger partial charge >= 0.3 is 0 Å². The zero-order valence-electron chi connectivity index (χ0n) is 10.2. The monoisotopic (exact) mass is 258 g/mol. The number of benzene rings is 2. The fourth-order valence-corrected chi connectivity index (χ4v) is 2.40. The third-order valence-electron chi connectivity index (χ3n) is 3.33. The number of fused-ring (bicyclic) bond motifs is 2. The maximum atomic E-state index is 12.5. The van der Waals surface area contributed by atoms with Crippen molar-refractivity contribution in [1.29, 1.82) is 10.5 Å². The molecule has 0 aromatic heterocycles. The molecule has 0 atom stereocenters. The number of ketones is 2. The fourth-order valence-electron chi connectivity index (χ4n) is 2.40. The zero-order chi connectivity index (χ0) is 14.3. The zero-order valence-corrected chi connectivity index (χ0v) is 10.2. The first-order valence-corrected chi connectivity index (χ1v) is 5.84. The van der Waals surface area contributed by atoms with E-state index in [0.29, 0.717) is 5.56 Å². The van der Waals surface area contributed by atoms with Crippen LogP contribution in [0, 0.1) is 22.7 Å². The molecule has 0 spiro atoms. The lowest BCUT2D eigenvalue weighted by atomic mass is 9.81. The van der Waals surface area contributed by atoms with Gasteiger partial charge in [-0.05, 0) is 12.1 Å². The van der Waals surface area contributed by atoms with E-state index in [9.17, 15) is 14.9 Å². The van der Waals surface area contributed by atoms with E-state index in [1.165, 1.54) is 12.1 Å². The number of nitriles is 2. The van der Waals surface area contributed by atoms with Crippen LogP contribution in [0.15, 0.2) is 36.4 Å². The van der Waals surface area contributed by atoms with Gasteiger partial charge in [0.15, 0.2) is 11.6 Å². The van der Waals surface area contributed by atoms with E-state index in [0.717, 1.165) is 0 Å². The van der Waals surface area contributed by atoms with Crippen LogP contribution in [0.4, 0.5) is 0 Å². The van der Waals surface area contributed by atoms with Crippen LogP contribution in [-0.4, -0.2) is 11.6 Å². The number of rotatable bonds is 0. The van der Waals surface area contributed by atoms with Gasteiger partial charge in [0.2, 0.25) is 0 Å². The standard InChI is InChI=1S/C16H6N2O2/c17-7-9-5-6-12-14(13(9)8-18)16(20)11-4-2-1-3-10(11)15(12)19/h1-6H. The highest BCUT2D eigenvalue weighted by atomic mass is 16.1. The molecule has 0 N–H and O–H groups in total. The van der Waals surface area contributed by atoms with Gasteiger partial charge in [0, 0.05) is 16.7 Å². The van der Waals surface area contributed by atoms with Crippen molar-refractivity contribution in [2.75, 3.05) is 0 Å². The molecule has 0 saturated heterocycles. The maximum Gasteiger partial charge on any atom is 0.195 e. The predicted octanol–water partition coefficient (Wildman–Crippen LogP) is 2.21. The van der Waals surface area contributed by atoms with Gasteiger partial charge in [0.05, 0.1) is 16.7 Å². The van der Waals surface area contributed by atoms with Crippen LogP contribution < -0.4 is 0 Å². The van der Waals surface area contributed by atoms with Gasteiger partial charge in [-0.2, -0.15) is 10.5 Å². The molecule has 2 aromatic rings. The molecule has 2 aromatic carbocycles. The summed E-state index contributed by atoms with van der Waals surface area (Å²) in [4.78, 5) is 24.9. The topological polar surface area (TPSA) is 81.7 Å². The number of hydrogen-bond acceptors (Lipinski definition) is 4. The van der Waals surface area contributed by atoms with Gasteiger partial charge in [-0.25, -0.2) is 0 Å². The van der Waals surface area contributed by atoms with Gasteiger partial charge in [0.1, 0.15) is 12.1 Å². The average molecular weight is 258 g/mol. The van der Waals surface area contributed by atoms with Crippen LogP contribution >= 0.6 is 0 Å². The third kappa shape index (κ3) is 1.39. The van der Waals surface area contributed by atoms with E-state index < -0.39 is 0 Å². The van der Waals surface area contributed by atoms with E-state index in [1.54, 1.807) is 24.3 Å². The molecule has 0 unspecified atom stereocenters. The minimum Gasteiger partial charge on any atom is -0.289 e. The summed E-state index contributed by atoms with van der Waals surface area (Å²) in [5, 5.41) is 18.2. The van der Waals surface area contributed by atoms with Gasteiger partial charge in [0.25, 0.3) is 0 Å². The van der Waals surface area contributed by atoms with Crippen LogP contribution in [0.2, 0.25) is 0 Å². The average Bonchev–Trinajstić information content (AvgIpc) is 2.51. The molecule has 1 aliphatic rings. The Morgan fingerprint density at radius 3 is 2.00 bits per heavy atom. The molecule has 0 heterocycles. The van der Waals surface area contributed by atoms with Crippen molar-refractivity contribution < 1.29 is 9.59 Å². The summed E-state index contributed by atoms with van der Waals surface area (Å²) in [6.45, 7) is 0. The first-order valence-electron chi connectivity index (χ1n) is 5.84. The smallest absolute Gasteiger partial charge is 0.195 e. The Labute approximate surface area is 114 Å². The van der Waals surface area contributed by atoms with E-state index in [2.05, 4.69) is 0 Å². The molecule has 0 fully saturated rings. The Hall–Kier alpha value is -3.24. The normalized spacial score (nSPS) is 12.1. The quantitative estimate of drug-likeness (QED) is 0.619. The largest absolute Gasteiger partial charge is 0.289 e. The summed E-state index contributed by atoms with van der Waals surface area (Å²) in [6.07, 6.45) is 0. The van der Waals surface area contributed by atoms with Crippen LogP contribution in [0.25, 0.3) is 0 Å². The Morgan fingerprint density at radius 2 is 1.40 bits per heavy atom. The Morgan fingerprint density at radius 1 is 0.750 bits per heavy atom. The SMILES string of the molecule is N#Cc1ccc2c(c1C#N)C(=O)c1ccccc1C2=O. The number of carbonyl (C=O) groups is 2. The highest BCUT2D eigenvalue weighted by Crippen LogP contribution is 2.30. The van der Waals surface area contributed by atoms with Crippen molar-refractivity contribution in [1.82, 2.24) is 0 Å². The van der Waals surface area contributed by atoms with Crippen molar-refractivity contribution in [2.24, 2.45) is 0 Å². The summed E-state index contributed by atoms with van der Waals surface area (Å²) in [5.74, 6) is -0.681. The number of hydrogen-bond donors (Lipinski definition) is 0. The lowest BCUT2D eigenvalue weighted by Crippen LogP contribution is -2.22. The van der Waals surface area contributed by atoms with Crippen molar-refractivity contribution in [3.05, 3.63) is 69.8 Å². The van der Waals surface area contributed by atoms with Crippen molar-refractivity contribution in [3.8, 4) is 12.1 Å². The molecule has 20 heavy (non-hydrogen) atoms. The second-order valence-corrected chi connectivity index (χ2v) is 4.34. The second kappa shape index (κ2) is 4.15. The minimum absolute atomic E-state index is 0.0298. The highest BCUT2D eigenvalue weighted by Gasteiger charge is 2.32. The summed E-state index contributed by atoms with van der Waals surface area (Å²) < 4.78 is 0. The molecule has 0 radical (unpaired) electrons. The van der Waals surface area contributed by atoms with Crippen LogP contribution in [0.5, 0.6) is 0 Å². The molecule has 0 bridgehead atoms. The Bertz CT molecular complexity index is 867. The summed E-state index contributed by atoms with van der Waals surface area (Å²) in [5.41, 5.74) is 0.902. The van der Waals surface area contributed by atoms with Crippen LogP contribution in [0.1, 0.15) is 43.0 Å². The van der Waals surface area contributed by atoms with E-state index in [4.69, 9.17) is 5.26 Å². The minimum atomic E-state index is -0.385. The van der Waals surface area contributed by atoms with E-state index in [-0.39, 0.29) is 39.4 Å². The predicted molar refractivity (Wildman–Crippen MR) is 69.2 cm³/mol. The molecule has 4 heteroatoms. The first kappa shape index (κ1) is 11.8. The Balaban J connectivity index is 2.41. The molecule has 0 amide bonds. The van der Waals surface area contributed by atoms with Crippen molar-refractivity contribution >= 4 is 11.6 Å². The van der Waals surface area contributed by atoms with Crippen LogP contribution in [0.3, 0.4) is 0 Å². The summed E-state index contributed by atoms with van der Waals surface area (Å²) in [7, 11) is 0. The lowest BCUT2D eigenvalue weighted by molar-refractivity contribution is 0.0979. The Kier molecular flexibility index (Phi) is 2.45. The van der Waals surface area contributed by atoms with E-state index >= 15 is 0 Å². The number of nitrogens with zero attached hydrogens (tertiary/aromatic N) is 2. The van der Waals surface area contributed by atoms with Crippen molar-refractivity contribution in [2.45, 2.75) is 0 Å². The maximum absolute atomic E-state index is 12.5. The van der Waals surface area contributed by atoms with Crippen LogP contribution in [-0.2, 0) is 0 Å². The third-order valence-corrected chi connectivity index (χ3v) is 3.33. The number of carbonyl (C=O) groups excluding carboxylic acids is 2. The van der Waals surface area contributed by atoms with Gasteiger partial charge in [-0.15, -0.1) is 0 Å². The van der Waals surface area contributed by atoms with Gasteiger partial charge in [-0.1, -0.05) is 24.3 Å². The summed E-state index contributed by atoms with van der Waals surface area (Å²) in [6, 6.07) is 13.1. The molecule has 1 aliphatic carbocycles. The molecule has 0 aliphatic heterocycles. The highest BCUT2D eigenvalue weighted by molar-refractivity contribution is 6.29. The van der Waals surface area contributed by atoms with E-state index in [1.807, 2.05) is 12.1 Å². The molecule has 92 valence electrons. The molecule has 0 saturated carbocycles.